The van der Waals surface area contributed by atoms with Crippen LogP contribution in [-0.2, 0) is 0 Å². The summed E-state index contributed by atoms with van der Waals surface area (Å²) in [7, 11) is 0. The average Bonchev–Trinajstić information content (AvgIpc) is 2.83. The Kier molecular flexibility index (Phi) is 4.34. The van der Waals surface area contributed by atoms with E-state index in [2.05, 4.69) is 10.6 Å². The Morgan fingerprint density at radius 3 is 2.86 bits per heavy atom. The number of anilines is 1. The molecule has 0 spiro atoms. The maximum atomic E-state index is 13.3. The predicted octanol–water partition coefficient (Wildman–Crippen LogP) is -0.374. The van der Waals surface area contributed by atoms with Gasteiger partial charge in [0.2, 0.25) is 0 Å². The maximum Gasteiger partial charge on any atom is 0.295 e. The summed E-state index contributed by atoms with van der Waals surface area (Å²) in [5, 5.41) is 25.8. The molecule has 1 heterocycles. The molecule has 114 valence electrons. The van der Waals surface area contributed by atoms with Gasteiger partial charge in [0.1, 0.15) is 11.5 Å². The first-order chi connectivity index (χ1) is 9.90. The van der Waals surface area contributed by atoms with Crippen LogP contribution in [0, 0.1) is 21.8 Å². The number of rotatable bonds is 4. The molecule has 1 fully saturated rings. The number of nitrogens with zero attached hydrogens (tertiary/aromatic N) is 1. The summed E-state index contributed by atoms with van der Waals surface area (Å²) in [5.74, 6) is -1.79. The number of carbonyl (C=O) groups is 1. The van der Waals surface area contributed by atoms with Crippen molar-refractivity contribution in [2.75, 3.05) is 25.4 Å². The molecule has 8 nitrogen and oxygen atoms in total. The number of carbonyl (C=O) groups excluding carboxylic acids is 1. The van der Waals surface area contributed by atoms with Gasteiger partial charge in [0.05, 0.1) is 22.7 Å². The van der Waals surface area contributed by atoms with Gasteiger partial charge < -0.3 is 21.5 Å². The normalized spacial score (nSPS) is 21.2. The van der Waals surface area contributed by atoms with Crippen molar-refractivity contribution in [2.45, 2.75) is 6.10 Å². The van der Waals surface area contributed by atoms with Gasteiger partial charge in [0, 0.05) is 25.6 Å². The molecule has 2 unspecified atom stereocenters. The molecule has 1 aromatic carbocycles. The molecule has 0 radical (unpaired) electrons. The quantitative estimate of drug-likeness (QED) is 0.341. The Balaban J connectivity index is 2.13. The Morgan fingerprint density at radius 1 is 1.57 bits per heavy atom. The smallest absolute Gasteiger partial charge is 0.295 e. The zero-order valence-electron chi connectivity index (χ0n) is 11.0. The van der Waals surface area contributed by atoms with E-state index in [-0.39, 0.29) is 23.7 Å². The number of halogens is 1. The minimum absolute atomic E-state index is 0.163. The summed E-state index contributed by atoms with van der Waals surface area (Å²) in [6.45, 7) is 1.14. The first-order valence-electron chi connectivity index (χ1n) is 6.30. The number of aliphatic hydroxyl groups is 1. The largest absolute Gasteiger partial charge is 0.393 e. The number of nitro groups is 1. The summed E-state index contributed by atoms with van der Waals surface area (Å²) >= 11 is 0. The number of nitrogens with one attached hydrogen (secondary N) is 2. The van der Waals surface area contributed by atoms with Gasteiger partial charge >= 0.3 is 0 Å². The first kappa shape index (κ1) is 15.1. The van der Waals surface area contributed by atoms with Crippen LogP contribution in [0.5, 0.6) is 0 Å². The third-order valence-corrected chi connectivity index (χ3v) is 3.39. The number of aliphatic hydroxyl groups excluding tert-OH is 1. The highest BCUT2D eigenvalue weighted by atomic mass is 19.1. The number of hydrogen-bond donors (Lipinski definition) is 4. The second-order valence-electron chi connectivity index (χ2n) is 4.84. The fourth-order valence-electron chi connectivity index (χ4n) is 2.19. The van der Waals surface area contributed by atoms with Crippen LogP contribution in [0.1, 0.15) is 10.4 Å². The zero-order chi connectivity index (χ0) is 15.6. The molecule has 2 rings (SSSR count). The van der Waals surface area contributed by atoms with Crippen LogP contribution in [-0.4, -0.2) is 41.7 Å². The molecule has 1 aliphatic rings. The Bertz CT molecular complexity index is 581. The number of β-amino-alcohol motifs (C(OH)–C–C–N with tert-alkyl or cyclic N) is 1. The van der Waals surface area contributed by atoms with Crippen LogP contribution in [0.25, 0.3) is 0 Å². The van der Waals surface area contributed by atoms with Gasteiger partial charge in [-0.3, -0.25) is 14.9 Å². The molecular weight excluding hydrogens is 283 g/mol. The first-order valence-corrected chi connectivity index (χ1v) is 6.30. The van der Waals surface area contributed by atoms with Crippen LogP contribution >= 0.6 is 0 Å². The van der Waals surface area contributed by atoms with Gasteiger partial charge in [-0.05, 0) is 6.07 Å². The predicted molar refractivity (Wildman–Crippen MR) is 72.2 cm³/mol. The fraction of sp³-hybridized carbons (Fsp3) is 0.417. The van der Waals surface area contributed by atoms with Crippen LogP contribution in [0.15, 0.2) is 12.1 Å². The van der Waals surface area contributed by atoms with Crippen molar-refractivity contribution in [1.29, 1.82) is 0 Å². The number of nitrogen functional groups attached to an aromatic ring is 1. The lowest BCUT2D eigenvalue weighted by Gasteiger charge is -2.14. The monoisotopic (exact) mass is 298 g/mol. The van der Waals surface area contributed by atoms with Crippen LogP contribution < -0.4 is 16.4 Å². The van der Waals surface area contributed by atoms with Crippen molar-refractivity contribution in [3.8, 4) is 0 Å². The molecule has 0 saturated carbocycles. The van der Waals surface area contributed by atoms with Crippen molar-refractivity contribution in [1.82, 2.24) is 10.6 Å². The topological polar surface area (TPSA) is 131 Å². The lowest BCUT2D eigenvalue weighted by atomic mass is 10.1. The molecule has 0 bridgehead atoms. The third kappa shape index (κ3) is 3.26. The summed E-state index contributed by atoms with van der Waals surface area (Å²) < 4.78 is 13.3. The van der Waals surface area contributed by atoms with E-state index < -0.39 is 28.4 Å². The second kappa shape index (κ2) is 6.02. The molecule has 1 saturated heterocycles. The number of hydrogen-bond acceptors (Lipinski definition) is 6. The lowest BCUT2D eigenvalue weighted by molar-refractivity contribution is -0.384. The SMILES string of the molecule is Nc1c(C(=O)NCC2CNCC2O)cc(F)cc1[N+](=O)[O-]. The van der Waals surface area contributed by atoms with Crippen LogP contribution in [0.3, 0.4) is 0 Å². The van der Waals surface area contributed by atoms with Gasteiger partial charge in [0.25, 0.3) is 11.6 Å². The number of benzene rings is 1. The van der Waals surface area contributed by atoms with E-state index in [4.69, 9.17) is 5.73 Å². The summed E-state index contributed by atoms with van der Waals surface area (Å²) in [6, 6.07) is 1.51. The maximum absolute atomic E-state index is 13.3. The molecule has 0 aromatic heterocycles. The average molecular weight is 298 g/mol. The van der Waals surface area contributed by atoms with Crippen molar-refractivity contribution < 1.29 is 19.2 Å². The molecule has 0 aliphatic carbocycles. The summed E-state index contributed by atoms with van der Waals surface area (Å²) in [5.41, 5.74) is 4.21. The highest BCUT2D eigenvalue weighted by Crippen LogP contribution is 2.26. The molecule has 1 aliphatic heterocycles. The lowest BCUT2D eigenvalue weighted by Crippen LogP contribution is -2.34. The van der Waals surface area contributed by atoms with E-state index in [0.29, 0.717) is 19.2 Å². The van der Waals surface area contributed by atoms with Crippen LogP contribution in [0.4, 0.5) is 15.8 Å². The van der Waals surface area contributed by atoms with Gasteiger partial charge in [0.15, 0.2) is 0 Å². The van der Waals surface area contributed by atoms with Gasteiger partial charge in [-0.2, -0.15) is 0 Å². The van der Waals surface area contributed by atoms with Crippen LogP contribution in [0.2, 0.25) is 0 Å². The van der Waals surface area contributed by atoms with Gasteiger partial charge in [-0.25, -0.2) is 4.39 Å². The number of nitro benzene ring substituents is 1. The highest BCUT2D eigenvalue weighted by Gasteiger charge is 2.26. The third-order valence-electron chi connectivity index (χ3n) is 3.39. The second-order valence-corrected chi connectivity index (χ2v) is 4.84. The van der Waals surface area contributed by atoms with E-state index in [1.807, 2.05) is 0 Å². The molecule has 2 atom stereocenters. The summed E-state index contributed by atoms with van der Waals surface area (Å²) in [4.78, 5) is 21.9. The van der Waals surface area contributed by atoms with Crippen molar-refractivity contribution in [3.05, 3.63) is 33.6 Å². The van der Waals surface area contributed by atoms with Crippen molar-refractivity contribution in [2.24, 2.45) is 5.92 Å². The minimum Gasteiger partial charge on any atom is -0.393 e. The standard InChI is InChI=1S/C12H15FN4O4/c13-7-1-8(11(14)9(2-7)17(20)21)12(19)16-4-6-3-15-5-10(6)18/h1-2,6,10,15,18H,3-5,14H2,(H,16,19). The van der Waals surface area contributed by atoms with Gasteiger partial charge in [-0.1, -0.05) is 0 Å². The molecule has 5 N–H and O–H groups in total. The fourth-order valence-corrected chi connectivity index (χ4v) is 2.19. The molecule has 9 heteroatoms. The minimum atomic E-state index is -0.913. The molecule has 1 amide bonds. The van der Waals surface area contributed by atoms with Crippen molar-refractivity contribution >= 4 is 17.3 Å². The molecule has 21 heavy (non-hydrogen) atoms. The highest BCUT2D eigenvalue weighted by molar-refractivity contribution is 6.01. The Morgan fingerprint density at radius 2 is 2.29 bits per heavy atom. The van der Waals surface area contributed by atoms with E-state index in [1.54, 1.807) is 0 Å². The Labute approximate surface area is 119 Å². The summed E-state index contributed by atoms with van der Waals surface area (Å²) in [6.07, 6.45) is -0.579. The molecule has 1 aromatic rings. The van der Waals surface area contributed by atoms with E-state index in [1.165, 1.54) is 0 Å². The van der Waals surface area contributed by atoms with E-state index in [9.17, 15) is 24.4 Å². The zero-order valence-corrected chi connectivity index (χ0v) is 11.0. The van der Waals surface area contributed by atoms with E-state index in [0.717, 1.165) is 6.07 Å². The number of nitrogens with two attached hydrogens (primary N) is 1. The number of amides is 1. The van der Waals surface area contributed by atoms with E-state index >= 15 is 0 Å². The Hall–Kier alpha value is -2.26. The van der Waals surface area contributed by atoms with Crippen molar-refractivity contribution in [3.63, 3.8) is 0 Å². The molecular formula is C12H15FN4O4. The van der Waals surface area contributed by atoms with Gasteiger partial charge in [-0.15, -0.1) is 0 Å².